The molecular formula is C15H13Cl2N3O4S. The first-order valence-electron chi connectivity index (χ1n) is 6.89. The number of rotatable bonds is 5. The number of hydrogen-bond acceptors (Lipinski definition) is 5. The van der Waals surface area contributed by atoms with Crippen LogP contribution in [0, 0.1) is 0 Å². The smallest absolute Gasteiger partial charge is 0.272 e. The van der Waals surface area contributed by atoms with Crippen LogP contribution in [-0.4, -0.2) is 24.3 Å². The second-order valence-electron chi connectivity index (χ2n) is 4.71. The van der Waals surface area contributed by atoms with Gasteiger partial charge in [0.15, 0.2) is 6.61 Å². The van der Waals surface area contributed by atoms with Crippen LogP contribution in [0.5, 0.6) is 5.75 Å². The maximum Gasteiger partial charge on any atom is 0.272 e. The molecule has 0 aliphatic carbocycles. The third-order valence-electron chi connectivity index (χ3n) is 2.77. The molecule has 0 fully saturated rings. The molecule has 0 atom stereocenters. The monoisotopic (exact) mass is 401 g/mol. The van der Waals surface area contributed by atoms with Crippen molar-refractivity contribution in [2.75, 3.05) is 11.9 Å². The molecule has 1 aromatic carbocycles. The van der Waals surface area contributed by atoms with Crippen molar-refractivity contribution in [2.24, 2.45) is 0 Å². The summed E-state index contributed by atoms with van der Waals surface area (Å²) in [6.45, 7) is 0.960. The standard InChI is InChI=1S/C15H13Cl2N3O4S/c1-8(21)19-20-14(23)10-4-5-25-15(10)18-13(22)7-24-12-3-2-9(16)6-11(12)17/h2-6H,7H2,1H3,(H,18,22)(H,19,21)(H,20,23). The molecule has 3 N–H and O–H groups in total. The number of carbonyl (C=O) groups is 3. The van der Waals surface area contributed by atoms with E-state index in [9.17, 15) is 14.4 Å². The molecule has 0 spiro atoms. The van der Waals surface area contributed by atoms with Gasteiger partial charge in [-0.15, -0.1) is 11.3 Å². The first kappa shape index (κ1) is 19.0. The number of anilines is 1. The summed E-state index contributed by atoms with van der Waals surface area (Å²) >= 11 is 12.9. The molecular weight excluding hydrogens is 389 g/mol. The average Bonchev–Trinajstić information content (AvgIpc) is 2.99. The first-order chi connectivity index (χ1) is 11.9. The Morgan fingerprint density at radius 2 is 1.92 bits per heavy atom. The maximum absolute atomic E-state index is 12.0. The van der Waals surface area contributed by atoms with Crippen LogP contribution in [0.3, 0.4) is 0 Å². The highest BCUT2D eigenvalue weighted by Gasteiger charge is 2.16. The van der Waals surface area contributed by atoms with E-state index in [0.717, 1.165) is 11.3 Å². The second kappa shape index (κ2) is 8.70. The van der Waals surface area contributed by atoms with Gasteiger partial charge in [0, 0.05) is 11.9 Å². The molecule has 1 aromatic heterocycles. The van der Waals surface area contributed by atoms with E-state index in [0.29, 0.717) is 15.8 Å². The van der Waals surface area contributed by atoms with Crippen molar-refractivity contribution in [1.82, 2.24) is 10.9 Å². The zero-order valence-corrected chi connectivity index (χ0v) is 15.2. The number of halogens is 2. The highest BCUT2D eigenvalue weighted by atomic mass is 35.5. The molecule has 2 aromatic rings. The maximum atomic E-state index is 12.0. The molecule has 0 bridgehead atoms. The van der Waals surface area contributed by atoms with E-state index in [1.807, 2.05) is 0 Å². The van der Waals surface area contributed by atoms with Crippen LogP contribution >= 0.6 is 34.5 Å². The van der Waals surface area contributed by atoms with Gasteiger partial charge in [-0.1, -0.05) is 23.2 Å². The van der Waals surface area contributed by atoms with Crippen LogP contribution in [-0.2, 0) is 9.59 Å². The molecule has 10 heteroatoms. The van der Waals surface area contributed by atoms with Gasteiger partial charge in [-0.05, 0) is 29.6 Å². The fourth-order valence-electron chi connectivity index (χ4n) is 1.70. The minimum absolute atomic E-state index is 0.219. The minimum atomic E-state index is -0.548. The van der Waals surface area contributed by atoms with Gasteiger partial charge in [-0.3, -0.25) is 25.2 Å². The summed E-state index contributed by atoms with van der Waals surface area (Å²) in [5, 5.41) is 5.28. The summed E-state index contributed by atoms with van der Waals surface area (Å²) < 4.78 is 5.33. The topological polar surface area (TPSA) is 96.5 Å². The van der Waals surface area contributed by atoms with Gasteiger partial charge in [-0.25, -0.2) is 0 Å². The first-order valence-corrected chi connectivity index (χ1v) is 8.52. The molecule has 132 valence electrons. The SMILES string of the molecule is CC(=O)NNC(=O)c1ccsc1NC(=O)COc1ccc(Cl)cc1Cl. The Morgan fingerprint density at radius 1 is 1.16 bits per heavy atom. The second-order valence-corrected chi connectivity index (χ2v) is 6.47. The Labute approximate surface area is 157 Å². The summed E-state index contributed by atoms with van der Waals surface area (Å²) in [6, 6.07) is 6.16. The lowest BCUT2D eigenvalue weighted by Crippen LogP contribution is -2.40. The Kier molecular flexibility index (Phi) is 6.63. The largest absolute Gasteiger partial charge is 0.482 e. The number of ether oxygens (including phenoxy) is 1. The van der Waals surface area contributed by atoms with E-state index in [2.05, 4.69) is 16.2 Å². The molecule has 3 amide bonds. The summed E-state index contributed by atoms with van der Waals surface area (Å²) in [5.74, 6) is -1.12. The normalized spacial score (nSPS) is 10.0. The summed E-state index contributed by atoms with van der Waals surface area (Å²) in [7, 11) is 0. The highest BCUT2D eigenvalue weighted by molar-refractivity contribution is 7.14. The number of thiophene rings is 1. The molecule has 1 heterocycles. The van der Waals surface area contributed by atoms with Crippen LogP contribution in [0.2, 0.25) is 10.0 Å². The summed E-state index contributed by atoms with van der Waals surface area (Å²) in [5.41, 5.74) is 4.62. The lowest BCUT2D eigenvalue weighted by Gasteiger charge is -2.09. The number of hydrazine groups is 1. The molecule has 0 aliphatic heterocycles. The minimum Gasteiger partial charge on any atom is -0.482 e. The molecule has 0 saturated heterocycles. The lowest BCUT2D eigenvalue weighted by molar-refractivity contribution is -0.120. The van der Waals surface area contributed by atoms with Gasteiger partial charge in [0.1, 0.15) is 10.8 Å². The molecule has 2 rings (SSSR count). The van der Waals surface area contributed by atoms with Crippen molar-refractivity contribution in [1.29, 1.82) is 0 Å². The van der Waals surface area contributed by atoms with Gasteiger partial charge < -0.3 is 10.1 Å². The molecule has 0 unspecified atom stereocenters. The Morgan fingerprint density at radius 3 is 2.60 bits per heavy atom. The van der Waals surface area contributed by atoms with Crippen molar-refractivity contribution in [3.05, 3.63) is 45.3 Å². The summed E-state index contributed by atoms with van der Waals surface area (Å²) in [4.78, 5) is 34.8. The van der Waals surface area contributed by atoms with Gasteiger partial charge in [-0.2, -0.15) is 0 Å². The van der Waals surface area contributed by atoms with Crippen LogP contribution in [0.25, 0.3) is 0 Å². The van der Waals surface area contributed by atoms with Crippen molar-refractivity contribution >= 4 is 57.3 Å². The van der Waals surface area contributed by atoms with E-state index < -0.39 is 17.7 Å². The molecule has 7 nitrogen and oxygen atoms in total. The van der Waals surface area contributed by atoms with E-state index >= 15 is 0 Å². The summed E-state index contributed by atoms with van der Waals surface area (Å²) in [6.07, 6.45) is 0. The number of benzene rings is 1. The van der Waals surface area contributed by atoms with Crippen LogP contribution < -0.4 is 20.9 Å². The number of hydrogen-bond donors (Lipinski definition) is 3. The molecule has 0 radical (unpaired) electrons. The van der Waals surface area contributed by atoms with Crippen molar-refractivity contribution in [3.8, 4) is 5.75 Å². The highest BCUT2D eigenvalue weighted by Crippen LogP contribution is 2.27. The van der Waals surface area contributed by atoms with E-state index in [-0.39, 0.29) is 17.2 Å². The van der Waals surface area contributed by atoms with E-state index in [4.69, 9.17) is 27.9 Å². The number of nitrogens with one attached hydrogen (secondary N) is 3. The van der Waals surface area contributed by atoms with Crippen molar-refractivity contribution in [3.63, 3.8) is 0 Å². The predicted octanol–water partition coefficient (Wildman–Crippen LogP) is 2.85. The van der Waals surface area contributed by atoms with Gasteiger partial charge in [0.05, 0.1) is 10.6 Å². The van der Waals surface area contributed by atoms with Gasteiger partial charge >= 0.3 is 0 Å². The third kappa shape index (κ3) is 5.63. The van der Waals surface area contributed by atoms with Gasteiger partial charge in [0.2, 0.25) is 5.91 Å². The third-order valence-corrected chi connectivity index (χ3v) is 4.13. The molecule has 0 aliphatic rings. The van der Waals surface area contributed by atoms with E-state index in [1.54, 1.807) is 17.5 Å². The molecule has 25 heavy (non-hydrogen) atoms. The van der Waals surface area contributed by atoms with Crippen LogP contribution in [0.1, 0.15) is 17.3 Å². The average molecular weight is 402 g/mol. The van der Waals surface area contributed by atoms with E-state index in [1.165, 1.54) is 19.1 Å². The predicted molar refractivity (Wildman–Crippen MR) is 96.2 cm³/mol. The zero-order valence-electron chi connectivity index (χ0n) is 12.9. The lowest BCUT2D eigenvalue weighted by atomic mass is 10.3. The fraction of sp³-hybridized carbons (Fsp3) is 0.133. The van der Waals surface area contributed by atoms with Crippen molar-refractivity contribution < 1.29 is 19.1 Å². The number of amides is 3. The number of carbonyl (C=O) groups excluding carboxylic acids is 3. The Hall–Kier alpha value is -2.29. The Bertz CT molecular complexity index is 810. The Balaban J connectivity index is 1.94. The van der Waals surface area contributed by atoms with Crippen LogP contribution in [0.4, 0.5) is 5.00 Å². The molecule has 0 saturated carbocycles. The van der Waals surface area contributed by atoms with Gasteiger partial charge in [0.25, 0.3) is 11.8 Å². The van der Waals surface area contributed by atoms with Crippen molar-refractivity contribution in [2.45, 2.75) is 6.92 Å². The zero-order chi connectivity index (χ0) is 18.4. The quantitative estimate of drug-likeness (QED) is 0.671. The fourth-order valence-corrected chi connectivity index (χ4v) is 2.96. The van der Waals surface area contributed by atoms with Crippen LogP contribution in [0.15, 0.2) is 29.6 Å².